The summed E-state index contributed by atoms with van der Waals surface area (Å²) in [6, 6.07) is 5.19. The third-order valence-corrected chi connectivity index (χ3v) is 4.68. The number of nitrogens with one attached hydrogen (secondary N) is 2. The lowest BCUT2D eigenvalue weighted by Gasteiger charge is -2.37. The van der Waals surface area contributed by atoms with Crippen molar-refractivity contribution in [2.45, 2.75) is 24.3 Å². The number of benzene rings is 1. The maximum Gasteiger partial charge on any atom is 0.240 e. The van der Waals surface area contributed by atoms with Crippen molar-refractivity contribution in [2.75, 3.05) is 19.6 Å². The van der Waals surface area contributed by atoms with Gasteiger partial charge in [0.05, 0.1) is 4.90 Å². The van der Waals surface area contributed by atoms with Gasteiger partial charge in [-0.1, -0.05) is 17.7 Å². The van der Waals surface area contributed by atoms with E-state index in [4.69, 9.17) is 0 Å². The largest absolute Gasteiger partial charge is 0.386 e. The zero-order chi connectivity index (χ0) is 13.4. The van der Waals surface area contributed by atoms with Crippen molar-refractivity contribution in [1.82, 2.24) is 10.0 Å². The van der Waals surface area contributed by atoms with E-state index < -0.39 is 15.6 Å². The van der Waals surface area contributed by atoms with E-state index in [1.54, 1.807) is 19.1 Å². The standard InChI is InChI=1S/C12H18N2O3S/c1-9-3-4-11(10(2)5-9)18(16,17)14-8-12(15)6-13-7-12/h3-5,13-15H,6-8H2,1-2H3. The molecule has 6 heteroatoms. The summed E-state index contributed by atoms with van der Waals surface area (Å²) in [5, 5.41) is 12.8. The highest BCUT2D eigenvalue weighted by atomic mass is 32.2. The molecule has 0 spiro atoms. The molecule has 1 aromatic carbocycles. The molecule has 18 heavy (non-hydrogen) atoms. The molecule has 2 rings (SSSR count). The minimum Gasteiger partial charge on any atom is -0.386 e. The Morgan fingerprint density at radius 1 is 1.39 bits per heavy atom. The highest BCUT2D eigenvalue weighted by Crippen LogP contribution is 2.17. The highest BCUT2D eigenvalue weighted by molar-refractivity contribution is 7.89. The monoisotopic (exact) mass is 270 g/mol. The molecule has 0 amide bonds. The van der Waals surface area contributed by atoms with E-state index in [1.807, 2.05) is 13.0 Å². The summed E-state index contributed by atoms with van der Waals surface area (Å²) in [6.45, 7) is 4.56. The molecule has 1 saturated heterocycles. The average molecular weight is 270 g/mol. The minimum absolute atomic E-state index is 0.0374. The number of hydrogen-bond acceptors (Lipinski definition) is 4. The van der Waals surface area contributed by atoms with Crippen molar-refractivity contribution < 1.29 is 13.5 Å². The zero-order valence-electron chi connectivity index (χ0n) is 10.5. The predicted molar refractivity (Wildman–Crippen MR) is 68.9 cm³/mol. The second kappa shape index (κ2) is 4.62. The van der Waals surface area contributed by atoms with Crippen LogP contribution >= 0.6 is 0 Å². The second-order valence-corrected chi connectivity index (χ2v) is 6.66. The van der Waals surface area contributed by atoms with E-state index in [1.165, 1.54) is 0 Å². The van der Waals surface area contributed by atoms with E-state index in [0.717, 1.165) is 5.56 Å². The number of aliphatic hydroxyl groups is 1. The molecule has 0 radical (unpaired) electrons. The van der Waals surface area contributed by atoms with E-state index >= 15 is 0 Å². The van der Waals surface area contributed by atoms with Gasteiger partial charge in [-0.05, 0) is 25.5 Å². The van der Waals surface area contributed by atoms with Crippen LogP contribution in [-0.2, 0) is 10.0 Å². The van der Waals surface area contributed by atoms with Gasteiger partial charge in [-0.2, -0.15) is 0 Å². The summed E-state index contributed by atoms with van der Waals surface area (Å²) >= 11 is 0. The first-order valence-corrected chi connectivity index (χ1v) is 7.31. The molecule has 5 nitrogen and oxygen atoms in total. The van der Waals surface area contributed by atoms with Crippen LogP contribution in [0.5, 0.6) is 0 Å². The maximum atomic E-state index is 12.1. The van der Waals surface area contributed by atoms with Gasteiger partial charge < -0.3 is 10.4 Å². The Labute approximate surface area is 107 Å². The fraction of sp³-hybridized carbons (Fsp3) is 0.500. The van der Waals surface area contributed by atoms with Gasteiger partial charge in [0.25, 0.3) is 0 Å². The quantitative estimate of drug-likeness (QED) is 0.715. The lowest BCUT2D eigenvalue weighted by molar-refractivity contribution is -0.00397. The Morgan fingerprint density at radius 2 is 2.06 bits per heavy atom. The second-order valence-electron chi connectivity index (χ2n) is 4.92. The Balaban J connectivity index is 2.15. The molecule has 100 valence electrons. The third kappa shape index (κ3) is 2.72. The number of sulfonamides is 1. The molecule has 0 aliphatic carbocycles. The predicted octanol–water partition coefficient (Wildman–Crippen LogP) is -0.0840. The van der Waals surface area contributed by atoms with Crippen LogP contribution in [0.1, 0.15) is 11.1 Å². The molecule has 0 saturated carbocycles. The van der Waals surface area contributed by atoms with Crippen molar-refractivity contribution in [3.05, 3.63) is 29.3 Å². The van der Waals surface area contributed by atoms with Gasteiger partial charge in [-0.3, -0.25) is 0 Å². The molecule has 0 unspecified atom stereocenters. The van der Waals surface area contributed by atoms with Gasteiger partial charge in [0.15, 0.2) is 0 Å². The minimum atomic E-state index is -3.55. The molecular weight excluding hydrogens is 252 g/mol. The van der Waals surface area contributed by atoms with Crippen LogP contribution in [0.25, 0.3) is 0 Å². The van der Waals surface area contributed by atoms with E-state index in [0.29, 0.717) is 18.7 Å². The lowest BCUT2D eigenvalue weighted by atomic mass is 9.98. The van der Waals surface area contributed by atoms with Crippen LogP contribution in [0.2, 0.25) is 0 Å². The van der Waals surface area contributed by atoms with Crippen molar-refractivity contribution >= 4 is 10.0 Å². The van der Waals surface area contributed by atoms with E-state index in [2.05, 4.69) is 10.0 Å². The first kappa shape index (κ1) is 13.5. The van der Waals surface area contributed by atoms with Gasteiger partial charge in [-0.25, -0.2) is 13.1 Å². The summed E-state index contributed by atoms with van der Waals surface area (Å²) in [5.41, 5.74) is 0.778. The van der Waals surface area contributed by atoms with Crippen molar-refractivity contribution in [3.8, 4) is 0 Å². The van der Waals surface area contributed by atoms with Crippen LogP contribution < -0.4 is 10.0 Å². The number of aryl methyl sites for hydroxylation is 2. The number of hydrogen-bond donors (Lipinski definition) is 3. The SMILES string of the molecule is Cc1ccc(S(=O)(=O)NCC2(O)CNC2)c(C)c1. The van der Waals surface area contributed by atoms with Gasteiger partial charge in [0, 0.05) is 19.6 Å². The summed E-state index contributed by atoms with van der Waals surface area (Å²) in [6.07, 6.45) is 0. The normalized spacial score (nSPS) is 18.4. The number of rotatable bonds is 4. The summed E-state index contributed by atoms with van der Waals surface area (Å²) in [7, 11) is -3.55. The molecule has 0 atom stereocenters. The Morgan fingerprint density at radius 3 is 2.56 bits per heavy atom. The van der Waals surface area contributed by atoms with Crippen molar-refractivity contribution in [1.29, 1.82) is 0 Å². The fourth-order valence-corrected chi connectivity index (χ4v) is 3.29. The first-order chi connectivity index (χ1) is 8.32. The molecule has 1 aliphatic heterocycles. The molecular formula is C12H18N2O3S. The van der Waals surface area contributed by atoms with Gasteiger partial charge in [0.1, 0.15) is 5.60 Å². The van der Waals surface area contributed by atoms with Crippen molar-refractivity contribution in [3.63, 3.8) is 0 Å². The van der Waals surface area contributed by atoms with E-state index in [9.17, 15) is 13.5 Å². The Hall–Kier alpha value is -0.950. The smallest absolute Gasteiger partial charge is 0.240 e. The fourth-order valence-electron chi connectivity index (χ4n) is 1.95. The van der Waals surface area contributed by atoms with Crippen LogP contribution in [0.3, 0.4) is 0 Å². The molecule has 1 fully saturated rings. The zero-order valence-corrected chi connectivity index (χ0v) is 11.3. The Kier molecular flexibility index (Phi) is 3.46. The maximum absolute atomic E-state index is 12.1. The third-order valence-electron chi connectivity index (χ3n) is 3.12. The van der Waals surface area contributed by atoms with Gasteiger partial charge in [-0.15, -0.1) is 0 Å². The molecule has 1 heterocycles. The van der Waals surface area contributed by atoms with Crippen molar-refractivity contribution in [2.24, 2.45) is 0 Å². The summed E-state index contributed by atoms with van der Waals surface area (Å²) in [5.74, 6) is 0. The molecule has 0 bridgehead atoms. The molecule has 1 aliphatic rings. The van der Waals surface area contributed by atoms with Gasteiger partial charge in [0.2, 0.25) is 10.0 Å². The van der Waals surface area contributed by atoms with Crippen LogP contribution in [0, 0.1) is 13.8 Å². The topological polar surface area (TPSA) is 78.4 Å². The summed E-state index contributed by atoms with van der Waals surface area (Å²) in [4.78, 5) is 0.268. The number of β-amino-alcohol motifs (C(OH)–C–C–N with tert-alkyl or cyclic N) is 1. The first-order valence-electron chi connectivity index (χ1n) is 5.82. The Bertz CT molecular complexity index is 550. The van der Waals surface area contributed by atoms with E-state index in [-0.39, 0.29) is 11.4 Å². The van der Waals surface area contributed by atoms with Crippen LogP contribution in [0.4, 0.5) is 0 Å². The average Bonchev–Trinajstić information content (AvgIpc) is 2.23. The highest BCUT2D eigenvalue weighted by Gasteiger charge is 2.35. The van der Waals surface area contributed by atoms with Crippen LogP contribution in [0.15, 0.2) is 23.1 Å². The molecule has 0 aromatic heterocycles. The molecule has 3 N–H and O–H groups in total. The summed E-state index contributed by atoms with van der Waals surface area (Å²) < 4.78 is 26.7. The van der Waals surface area contributed by atoms with Crippen LogP contribution in [-0.4, -0.2) is 38.8 Å². The lowest BCUT2D eigenvalue weighted by Crippen LogP contribution is -2.64. The molecule has 1 aromatic rings. The van der Waals surface area contributed by atoms with Gasteiger partial charge >= 0.3 is 0 Å².